The Hall–Kier alpha value is -1.66. The Morgan fingerprint density at radius 3 is 1.20 bits per heavy atom. The van der Waals surface area contributed by atoms with Crippen LogP contribution in [0, 0.1) is 0 Å². The van der Waals surface area contributed by atoms with E-state index in [1.54, 1.807) is 0 Å². The molecule has 65 heavy (non-hydrogen) atoms. The van der Waals surface area contributed by atoms with Crippen molar-refractivity contribution in [3.05, 3.63) is 24.3 Å². The van der Waals surface area contributed by atoms with E-state index >= 15 is 0 Å². The number of ether oxygens (including phenoxy) is 1. The molecule has 3 unspecified atom stereocenters. The maximum absolute atomic E-state index is 13.3. The summed E-state index contributed by atoms with van der Waals surface area (Å²) < 4.78 is 5.97. The fraction of sp³-hybridized carbons (Fsp3) is 0.898. The van der Waals surface area contributed by atoms with E-state index in [9.17, 15) is 19.8 Å². The molecule has 1 amide bonds. The predicted octanol–water partition coefficient (Wildman–Crippen LogP) is 17.9. The minimum absolute atomic E-state index is 0.0782. The van der Waals surface area contributed by atoms with Crippen LogP contribution in [0.3, 0.4) is 0 Å². The highest BCUT2D eigenvalue weighted by atomic mass is 16.5. The van der Waals surface area contributed by atoms with Crippen molar-refractivity contribution >= 4 is 11.9 Å². The van der Waals surface area contributed by atoms with Crippen LogP contribution in [0.1, 0.15) is 316 Å². The molecule has 0 aliphatic heterocycles. The fourth-order valence-electron chi connectivity index (χ4n) is 9.11. The number of aliphatic hydroxyl groups is 2. The Balaban J connectivity index is 4.54. The third-order valence-corrected chi connectivity index (χ3v) is 13.5. The van der Waals surface area contributed by atoms with Gasteiger partial charge in [-0.05, 0) is 57.8 Å². The third-order valence-electron chi connectivity index (χ3n) is 13.5. The van der Waals surface area contributed by atoms with Gasteiger partial charge in [-0.2, -0.15) is 0 Å². The van der Waals surface area contributed by atoms with Gasteiger partial charge in [-0.15, -0.1) is 0 Å². The molecular formula is C59H113NO5. The number of hydrogen-bond donors (Lipinski definition) is 3. The van der Waals surface area contributed by atoms with Gasteiger partial charge in [0.2, 0.25) is 5.91 Å². The summed E-state index contributed by atoms with van der Waals surface area (Å²) in [5.74, 6) is -0.461. The van der Waals surface area contributed by atoms with Crippen LogP contribution in [-0.2, 0) is 14.3 Å². The van der Waals surface area contributed by atoms with E-state index in [0.717, 1.165) is 64.2 Å². The van der Waals surface area contributed by atoms with Crippen LogP contribution in [0.5, 0.6) is 0 Å². The van der Waals surface area contributed by atoms with Crippen LogP contribution in [0.2, 0.25) is 0 Å². The Morgan fingerprint density at radius 1 is 0.446 bits per heavy atom. The molecule has 0 saturated heterocycles. The first kappa shape index (κ1) is 63.3. The van der Waals surface area contributed by atoms with Crippen molar-refractivity contribution in [3.8, 4) is 0 Å². The highest BCUT2D eigenvalue weighted by Crippen LogP contribution is 2.19. The number of carbonyl (C=O) groups excluding carboxylic acids is 2. The van der Waals surface area contributed by atoms with Crippen LogP contribution in [-0.4, -0.2) is 46.9 Å². The number of hydrogen-bond acceptors (Lipinski definition) is 5. The lowest BCUT2D eigenvalue weighted by molar-refractivity contribution is -0.151. The van der Waals surface area contributed by atoms with Gasteiger partial charge in [0.1, 0.15) is 6.10 Å². The molecule has 6 nitrogen and oxygen atoms in total. The summed E-state index contributed by atoms with van der Waals surface area (Å²) in [4.78, 5) is 26.3. The summed E-state index contributed by atoms with van der Waals surface area (Å²) in [7, 11) is 0. The van der Waals surface area contributed by atoms with E-state index in [1.807, 2.05) is 0 Å². The average molecular weight is 917 g/mol. The number of amides is 1. The smallest absolute Gasteiger partial charge is 0.306 e. The first-order valence-corrected chi connectivity index (χ1v) is 29.1. The van der Waals surface area contributed by atoms with E-state index in [-0.39, 0.29) is 24.9 Å². The van der Waals surface area contributed by atoms with Crippen molar-refractivity contribution in [2.45, 2.75) is 334 Å². The molecule has 0 aromatic rings. The highest BCUT2D eigenvalue weighted by Gasteiger charge is 2.24. The molecule has 0 spiro atoms. The van der Waals surface area contributed by atoms with Gasteiger partial charge in [-0.1, -0.05) is 270 Å². The standard InChI is InChI=1S/C59H113NO5/c1-4-7-10-13-16-19-22-25-27-29-30-33-35-38-41-44-47-50-55(65-59(64)52-49-46-43-40-37-34-31-28-26-23-20-17-14-11-8-5-2)53-58(63)60-56(54-61)57(62)51-48-45-42-39-36-32-24-21-18-15-12-9-6-3/h16,19,25,27,55-57,61-62H,4-15,17-18,20-24,26,28-54H2,1-3H3,(H,60,63)/b19-16-,27-25-. The van der Waals surface area contributed by atoms with Gasteiger partial charge in [0.15, 0.2) is 0 Å². The highest BCUT2D eigenvalue weighted by molar-refractivity contribution is 5.77. The summed E-state index contributed by atoms with van der Waals surface area (Å²) in [6.45, 7) is 6.50. The molecule has 3 N–H and O–H groups in total. The molecule has 0 saturated carbocycles. The molecular weight excluding hydrogens is 803 g/mol. The Kier molecular flexibility index (Phi) is 51.9. The van der Waals surface area contributed by atoms with Gasteiger partial charge in [-0.25, -0.2) is 0 Å². The molecule has 0 aromatic heterocycles. The van der Waals surface area contributed by atoms with Crippen LogP contribution < -0.4 is 5.32 Å². The van der Waals surface area contributed by atoms with Gasteiger partial charge in [0.25, 0.3) is 0 Å². The predicted molar refractivity (Wildman–Crippen MR) is 283 cm³/mol. The topological polar surface area (TPSA) is 95.9 Å². The van der Waals surface area contributed by atoms with Crippen LogP contribution in [0.15, 0.2) is 24.3 Å². The normalized spacial score (nSPS) is 13.2. The van der Waals surface area contributed by atoms with Crippen LogP contribution in [0.4, 0.5) is 0 Å². The fourth-order valence-corrected chi connectivity index (χ4v) is 9.11. The second kappa shape index (κ2) is 53.3. The van der Waals surface area contributed by atoms with Crippen LogP contribution >= 0.6 is 0 Å². The molecule has 0 fully saturated rings. The summed E-state index contributed by atoms with van der Waals surface area (Å²) in [6.07, 6.45) is 62.4. The van der Waals surface area contributed by atoms with E-state index in [2.05, 4.69) is 50.4 Å². The van der Waals surface area contributed by atoms with Gasteiger partial charge in [0.05, 0.1) is 25.2 Å². The van der Waals surface area contributed by atoms with E-state index in [1.165, 1.54) is 205 Å². The van der Waals surface area contributed by atoms with Gasteiger partial charge in [-0.3, -0.25) is 9.59 Å². The monoisotopic (exact) mass is 916 g/mol. The van der Waals surface area contributed by atoms with Crippen molar-refractivity contribution < 1.29 is 24.5 Å². The first-order valence-electron chi connectivity index (χ1n) is 29.1. The molecule has 0 bridgehead atoms. The van der Waals surface area contributed by atoms with Crippen molar-refractivity contribution in [2.24, 2.45) is 0 Å². The molecule has 0 rings (SSSR count). The molecule has 0 heterocycles. The van der Waals surface area contributed by atoms with Gasteiger partial charge >= 0.3 is 5.97 Å². The maximum atomic E-state index is 13.3. The largest absolute Gasteiger partial charge is 0.462 e. The maximum Gasteiger partial charge on any atom is 0.306 e. The molecule has 3 atom stereocenters. The summed E-state index contributed by atoms with van der Waals surface area (Å²) >= 11 is 0. The Labute approximate surface area is 405 Å². The van der Waals surface area contributed by atoms with Crippen molar-refractivity contribution in [3.63, 3.8) is 0 Å². The zero-order valence-electron chi connectivity index (χ0n) is 43.9. The average Bonchev–Trinajstić information content (AvgIpc) is 3.30. The number of allylic oxidation sites excluding steroid dienone is 4. The van der Waals surface area contributed by atoms with Crippen LogP contribution in [0.25, 0.3) is 0 Å². The Bertz CT molecular complexity index is 1030. The zero-order valence-corrected chi connectivity index (χ0v) is 43.9. The molecule has 0 radical (unpaired) electrons. The SMILES string of the molecule is CCCCC/C=C\C/C=C\CCCCCCCCCC(CC(=O)NC(CO)C(O)CCCCCCCCCCCCCCC)OC(=O)CCCCCCCCCCCCCCCCCC. The van der Waals surface area contributed by atoms with E-state index in [0.29, 0.717) is 19.3 Å². The molecule has 0 aliphatic carbocycles. The Morgan fingerprint density at radius 2 is 0.785 bits per heavy atom. The summed E-state index contributed by atoms with van der Waals surface area (Å²) in [5, 5.41) is 23.9. The third kappa shape index (κ3) is 48.6. The second-order valence-electron chi connectivity index (χ2n) is 20.1. The lowest BCUT2D eigenvalue weighted by Crippen LogP contribution is -2.46. The molecule has 0 aliphatic rings. The quantitative estimate of drug-likeness (QED) is 0.0321. The number of nitrogens with one attached hydrogen (secondary N) is 1. The van der Waals surface area contributed by atoms with E-state index < -0.39 is 18.2 Å². The number of unbranched alkanes of at least 4 members (excludes halogenated alkanes) is 37. The first-order chi connectivity index (χ1) is 32.0. The molecule has 6 heteroatoms. The lowest BCUT2D eigenvalue weighted by Gasteiger charge is -2.24. The minimum atomic E-state index is -0.786. The molecule has 0 aromatic carbocycles. The molecule has 384 valence electrons. The number of carbonyl (C=O) groups is 2. The van der Waals surface area contributed by atoms with E-state index in [4.69, 9.17) is 4.74 Å². The second-order valence-corrected chi connectivity index (χ2v) is 20.1. The van der Waals surface area contributed by atoms with Gasteiger partial charge < -0.3 is 20.3 Å². The van der Waals surface area contributed by atoms with Crippen molar-refractivity contribution in [1.82, 2.24) is 5.32 Å². The van der Waals surface area contributed by atoms with Gasteiger partial charge in [0, 0.05) is 6.42 Å². The number of aliphatic hydroxyl groups excluding tert-OH is 2. The van der Waals surface area contributed by atoms with Crippen molar-refractivity contribution in [2.75, 3.05) is 6.61 Å². The minimum Gasteiger partial charge on any atom is -0.462 e. The zero-order chi connectivity index (χ0) is 47.4. The van der Waals surface area contributed by atoms with Crippen molar-refractivity contribution in [1.29, 1.82) is 0 Å². The number of rotatable bonds is 53. The lowest BCUT2D eigenvalue weighted by atomic mass is 10.0. The number of esters is 1. The summed E-state index contributed by atoms with van der Waals surface area (Å²) in [5.41, 5.74) is 0. The summed E-state index contributed by atoms with van der Waals surface area (Å²) in [6, 6.07) is -0.700.